The van der Waals surface area contributed by atoms with Crippen LogP contribution in [0.25, 0.3) is 0 Å². The summed E-state index contributed by atoms with van der Waals surface area (Å²) in [7, 11) is 0. The van der Waals surface area contributed by atoms with Crippen molar-refractivity contribution in [2.75, 3.05) is 17.2 Å². The molecule has 2 aromatic rings. The highest BCUT2D eigenvalue weighted by atomic mass is 19.4. The van der Waals surface area contributed by atoms with Crippen LogP contribution in [0.5, 0.6) is 0 Å². The smallest absolute Gasteiger partial charge is 0.362 e. The lowest BCUT2D eigenvalue weighted by Gasteiger charge is -2.17. The fourth-order valence-corrected chi connectivity index (χ4v) is 3.35. The van der Waals surface area contributed by atoms with Crippen molar-refractivity contribution >= 4 is 17.3 Å². The number of anilines is 2. The third-order valence-corrected chi connectivity index (χ3v) is 4.95. The second-order valence-electron chi connectivity index (χ2n) is 7.54. The highest BCUT2D eigenvalue weighted by molar-refractivity contribution is 5.83. The minimum absolute atomic E-state index is 0.0144. The maximum absolute atomic E-state index is 13.3. The Kier molecular flexibility index (Phi) is 6.66. The van der Waals surface area contributed by atoms with Crippen LogP contribution in [0.3, 0.4) is 0 Å². The van der Waals surface area contributed by atoms with Gasteiger partial charge in [0.2, 0.25) is 5.91 Å². The molecule has 0 fully saturated rings. The van der Waals surface area contributed by atoms with Gasteiger partial charge in [-0.25, -0.2) is 0 Å². The number of rotatable bonds is 5. The van der Waals surface area contributed by atoms with Crippen LogP contribution >= 0.6 is 0 Å². The molecule has 2 atom stereocenters. The lowest BCUT2D eigenvalue weighted by atomic mass is 10.0. The number of alkyl halides is 9. The summed E-state index contributed by atoms with van der Waals surface area (Å²) < 4.78 is 117. The van der Waals surface area contributed by atoms with E-state index in [4.69, 9.17) is 5.73 Å². The molecule has 34 heavy (non-hydrogen) atoms. The molecule has 0 spiro atoms. The van der Waals surface area contributed by atoms with E-state index in [0.29, 0.717) is 6.07 Å². The molecule has 5 N–H and O–H groups in total. The molecule has 2 aromatic carbocycles. The highest BCUT2D eigenvalue weighted by Gasteiger charge is 2.41. The summed E-state index contributed by atoms with van der Waals surface area (Å²) in [6.45, 7) is -0.373. The van der Waals surface area contributed by atoms with Crippen LogP contribution in [0.15, 0.2) is 36.4 Å². The fraction of sp³-hybridized carbons (Fsp3) is 0.350. The monoisotopic (exact) mass is 500 g/mol. The number of halogens is 9. The largest absolute Gasteiger partial charge is 0.418 e. The molecule has 1 amide bonds. The third kappa shape index (κ3) is 5.85. The number of nitrogens with one attached hydrogen (secondary N) is 3. The fourth-order valence-electron chi connectivity index (χ4n) is 3.35. The summed E-state index contributed by atoms with van der Waals surface area (Å²) in [4.78, 5) is 12.2. The molecule has 0 aliphatic carbocycles. The minimum atomic E-state index is -5.08. The molecule has 1 aliphatic rings. The molecule has 3 rings (SSSR count). The first-order chi connectivity index (χ1) is 15.6. The van der Waals surface area contributed by atoms with Crippen molar-refractivity contribution in [2.24, 2.45) is 5.73 Å². The lowest BCUT2D eigenvalue weighted by Crippen LogP contribution is -2.46. The van der Waals surface area contributed by atoms with E-state index in [9.17, 15) is 44.3 Å². The molecule has 0 aromatic heterocycles. The van der Waals surface area contributed by atoms with Crippen LogP contribution in [0.4, 0.5) is 50.9 Å². The van der Waals surface area contributed by atoms with Crippen molar-refractivity contribution in [3.8, 4) is 0 Å². The number of carbonyl (C=O) groups is 1. The maximum atomic E-state index is 13.3. The van der Waals surface area contributed by atoms with Gasteiger partial charge in [0.15, 0.2) is 0 Å². The number of hydrogen-bond donors (Lipinski definition) is 4. The van der Waals surface area contributed by atoms with E-state index in [1.54, 1.807) is 0 Å². The Hall–Kier alpha value is -3.16. The number of carbonyl (C=O) groups excluding carboxylic acids is 1. The zero-order valence-electron chi connectivity index (χ0n) is 16.9. The molecule has 0 saturated heterocycles. The van der Waals surface area contributed by atoms with Gasteiger partial charge in [-0.1, -0.05) is 18.2 Å². The average molecular weight is 500 g/mol. The van der Waals surface area contributed by atoms with Gasteiger partial charge in [-0.2, -0.15) is 39.5 Å². The first kappa shape index (κ1) is 25.5. The molecule has 0 bridgehead atoms. The van der Waals surface area contributed by atoms with Crippen LogP contribution < -0.4 is 21.7 Å². The van der Waals surface area contributed by atoms with E-state index >= 15 is 0 Å². The molecule has 186 valence electrons. The molecule has 1 unspecified atom stereocenters. The van der Waals surface area contributed by atoms with E-state index in [0.717, 1.165) is 18.2 Å². The molecule has 0 radical (unpaired) electrons. The van der Waals surface area contributed by atoms with Crippen molar-refractivity contribution < 1.29 is 44.3 Å². The van der Waals surface area contributed by atoms with Crippen LogP contribution in [0.2, 0.25) is 0 Å². The average Bonchev–Trinajstić information content (AvgIpc) is 3.12. The summed E-state index contributed by atoms with van der Waals surface area (Å²) in [6, 6.07) is 3.40. The summed E-state index contributed by atoms with van der Waals surface area (Å²) >= 11 is 0. The Balaban J connectivity index is 1.65. The van der Waals surface area contributed by atoms with Gasteiger partial charge in [0.05, 0.1) is 40.7 Å². The van der Waals surface area contributed by atoms with Gasteiger partial charge in [-0.05, 0) is 30.2 Å². The summed E-state index contributed by atoms with van der Waals surface area (Å²) in [5, 5.41) is 7.13. The summed E-state index contributed by atoms with van der Waals surface area (Å²) in [5.41, 5.74) is 0.851. The van der Waals surface area contributed by atoms with Gasteiger partial charge in [-0.15, -0.1) is 0 Å². The predicted molar refractivity (Wildman–Crippen MR) is 104 cm³/mol. The van der Waals surface area contributed by atoms with Gasteiger partial charge in [-0.3, -0.25) is 4.79 Å². The molecule has 5 nitrogen and oxygen atoms in total. The van der Waals surface area contributed by atoms with Crippen molar-refractivity contribution in [1.29, 1.82) is 0 Å². The number of amides is 1. The standard InChI is InChI=1S/C20H17F9N4O/c21-18(22,23)10-3-1-2-9(4-10)5-13(30)17(34)31-8-15-32-14-7-11(19(24,25)26)6-12(16(14)33-15)20(27,28)29/h1-4,6-7,13,15,32-33H,5,8,30H2,(H,31,34)/t13-,15?/m1/s1. The second-order valence-corrected chi connectivity index (χ2v) is 7.54. The van der Waals surface area contributed by atoms with Crippen LogP contribution in [0.1, 0.15) is 22.3 Å². The second kappa shape index (κ2) is 8.89. The Labute approximate surface area is 186 Å². The minimum Gasteiger partial charge on any atom is -0.362 e. The lowest BCUT2D eigenvalue weighted by molar-refractivity contribution is -0.142. The number of hydrogen-bond acceptors (Lipinski definition) is 4. The summed E-state index contributed by atoms with van der Waals surface area (Å²) in [5.74, 6) is -0.816. The molecule has 14 heteroatoms. The first-order valence-electron chi connectivity index (χ1n) is 9.60. The van der Waals surface area contributed by atoms with E-state index in [2.05, 4.69) is 16.0 Å². The van der Waals surface area contributed by atoms with E-state index in [1.165, 1.54) is 6.07 Å². The third-order valence-electron chi connectivity index (χ3n) is 4.95. The summed E-state index contributed by atoms with van der Waals surface area (Å²) in [6.07, 6.45) is -16.0. The number of nitrogens with two attached hydrogens (primary N) is 1. The van der Waals surface area contributed by atoms with Crippen molar-refractivity contribution in [3.05, 3.63) is 58.7 Å². The SMILES string of the molecule is N[C@H](Cc1cccc(C(F)(F)F)c1)C(=O)NCC1Nc2cc(C(F)(F)F)cc(C(F)(F)F)c2N1. The van der Waals surface area contributed by atoms with E-state index < -0.39 is 64.7 Å². The normalized spacial score (nSPS) is 16.9. The molecular formula is C20H17F9N4O. The van der Waals surface area contributed by atoms with Crippen molar-refractivity contribution in [2.45, 2.75) is 37.2 Å². The Morgan fingerprint density at radius 2 is 1.56 bits per heavy atom. The predicted octanol–water partition coefficient (Wildman–Crippen LogP) is 4.59. The molecule has 1 aliphatic heterocycles. The van der Waals surface area contributed by atoms with Crippen LogP contribution in [-0.2, 0) is 29.7 Å². The van der Waals surface area contributed by atoms with E-state index in [-0.39, 0.29) is 24.6 Å². The zero-order valence-corrected chi connectivity index (χ0v) is 16.9. The Morgan fingerprint density at radius 3 is 2.15 bits per heavy atom. The number of benzene rings is 2. The van der Waals surface area contributed by atoms with Gasteiger partial charge < -0.3 is 21.7 Å². The Morgan fingerprint density at radius 1 is 0.912 bits per heavy atom. The van der Waals surface area contributed by atoms with Crippen LogP contribution in [-0.4, -0.2) is 24.7 Å². The Bertz CT molecular complexity index is 1060. The maximum Gasteiger partial charge on any atom is 0.418 e. The van der Waals surface area contributed by atoms with Gasteiger partial charge in [0, 0.05) is 0 Å². The molecule has 1 heterocycles. The number of fused-ring (bicyclic) bond motifs is 1. The topological polar surface area (TPSA) is 79.2 Å². The van der Waals surface area contributed by atoms with Gasteiger partial charge in [0.25, 0.3) is 0 Å². The van der Waals surface area contributed by atoms with Crippen molar-refractivity contribution in [1.82, 2.24) is 5.32 Å². The van der Waals surface area contributed by atoms with Gasteiger partial charge >= 0.3 is 18.5 Å². The van der Waals surface area contributed by atoms with E-state index in [1.807, 2.05) is 0 Å². The van der Waals surface area contributed by atoms with Crippen molar-refractivity contribution in [3.63, 3.8) is 0 Å². The highest BCUT2D eigenvalue weighted by Crippen LogP contribution is 2.45. The quantitative estimate of drug-likeness (QED) is 0.453. The molecular weight excluding hydrogens is 483 g/mol. The molecule has 0 saturated carbocycles. The van der Waals surface area contributed by atoms with Gasteiger partial charge in [0.1, 0.15) is 6.17 Å². The van der Waals surface area contributed by atoms with Crippen LogP contribution in [0, 0.1) is 0 Å². The first-order valence-corrected chi connectivity index (χ1v) is 9.60. The zero-order chi connectivity index (χ0) is 25.5.